The van der Waals surface area contributed by atoms with Crippen molar-refractivity contribution in [1.29, 1.82) is 0 Å². The van der Waals surface area contributed by atoms with Crippen molar-refractivity contribution in [3.63, 3.8) is 0 Å². The molecule has 1 aliphatic rings. The molecule has 3 aromatic rings. The van der Waals surface area contributed by atoms with E-state index in [0.29, 0.717) is 12.0 Å². The van der Waals surface area contributed by atoms with Gasteiger partial charge in [0, 0.05) is 11.6 Å². The monoisotopic (exact) mass is 364 g/mol. The second kappa shape index (κ2) is 6.97. The number of fused-ring (bicyclic) bond motifs is 1. The number of imidazole rings is 1. The molecule has 1 fully saturated rings. The summed E-state index contributed by atoms with van der Waals surface area (Å²) < 4.78 is 1.92. The average Bonchev–Trinajstić information content (AvgIpc) is 3.05. The number of nitrogens with one attached hydrogen (secondary N) is 1. The normalized spacial score (nSPS) is 20.7. The summed E-state index contributed by atoms with van der Waals surface area (Å²) in [4.78, 5) is 4.49. The summed E-state index contributed by atoms with van der Waals surface area (Å²) in [6.45, 7) is 5.94. The van der Waals surface area contributed by atoms with Crippen molar-refractivity contribution in [3.05, 3.63) is 48.2 Å². The van der Waals surface area contributed by atoms with Crippen molar-refractivity contribution >= 4 is 11.5 Å². The first-order valence-corrected chi connectivity index (χ1v) is 9.81. The topological polar surface area (TPSA) is 62.5 Å². The summed E-state index contributed by atoms with van der Waals surface area (Å²) in [5, 5.41) is 18.6. The Balaban J connectivity index is 1.53. The van der Waals surface area contributed by atoms with E-state index in [0.717, 1.165) is 48.4 Å². The van der Waals surface area contributed by atoms with Gasteiger partial charge >= 0.3 is 0 Å². The van der Waals surface area contributed by atoms with Crippen LogP contribution in [-0.4, -0.2) is 31.3 Å². The highest BCUT2D eigenvalue weighted by atomic mass is 16.3. The summed E-state index contributed by atoms with van der Waals surface area (Å²) in [7, 11) is 0. The Bertz CT molecular complexity index is 933. The lowest BCUT2D eigenvalue weighted by Crippen LogP contribution is -2.37. The highest BCUT2D eigenvalue weighted by Crippen LogP contribution is 2.33. The van der Waals surface area contributed by atoms with Crippen LogP contribution in [0.1, 0.15) is 45.1 Å². The van der Waals surface area contributed by atoms with Gasteiger partial charge in [-0.05, 0) is 70.6 Å². The van der Waals surface area contributed by atoms with Crippen LogP contribution in [-0.2, 0) is 0 Å². The van der Waals surface area contributed by atoms with E-state index >= 15 is 0 Å². The summed E-state index contributed by atoms with van der Waals surface area (Å²) in [6, 6.07) is 12.8. The van der Waals surface area contributed by atoms with Crippen molar-refractivity contribution in [1.82, 2.24) is 14.6 Å². The molecule has 0 amide bonds. The molecule has 5 nitrogen and oxygen atoms in total. The van der Waals surface area contributed by atoms with Crippen LogP contribution in [0.25, 0.3) is 16.9 Å². The predicted octanol–water partition coefficient (Wildman–Crippen LogP) is 4.45. The Labute approximate surface area is 160 Å². The lowest BCUT2D eigenvalue weighted by Gasteiger charge is -2.36. The highest BCUT2D eigenvalue weighted by Gasteiger charge is 2.31. The molecule has 0 radical (unpaired) electrons. The molecule has 0 aliphatic heterocycles. The van der Waals surface area contributed by atoms with Gasteiger partial charge in [-0.2, -0.15) is 0 Å². The molecule has 0 saturated heterocycles. The van der Waals surface area contributed by atoms with Gasteiger partial charge in [0.05, 0.1) is 17.5 Å². The Hall–Kier alpha value is -2.40. The third-order valence-electron chi connectivity index (χ3n) is 5.75. The first kappa shape index (κ1) is 18.0. The number of aryl methyl sites for hydroxylation is 1. The van der Waals surface area contributed by atoms with E-state index in [1.165, 1.54) is 5.56 Å². The largest absolute Gasteiger partial charge is 0.390 e. The quantitative estimate of drug-likeness (QED) is 0.718. The molecule has 0 unspecified atom stereocenters. The lowest BCUT2D eigenvalue weighted by atomic mass is 9.77. The van der Waals surface area contributed by atoms with Crippen LogP contribution >= 0.6 is 0 Å². The first-order chi connectivity index (χ1) is 12.9. The zero-order valence-corrected chi connectivity index (χ0v) is 16.3. The standard InChI is InChI=1S/C22H28N4O/c1-15-5-4-6-16(13-15)19-14-23-21-12-11-20(25-26(19)21)24-18-9-7-17(8-10-18)22(2,3)27/h4-6,11-14,17-18,27H,7-10H2,1-3H3,(H,24,25)/t17-,18-. The molecule has 1 aromatic carbocycles. The van der Waals surface area contributed by atoms with Crippen LogP contribution in [0.15, 0.2) is 42.6 Å². The molecule has 142 valence electrons. The first-order valence-electron chi connectivity index (χ1n) is 9.81. The molecule has 1 aliphatic carbocycles. The van der Waals surface area contributed by atoms with Gasteiger partial charge in [-0.25, -0.2) is 9.50 Å². The highest BCUT2D eigenvalue weighted by molar-refractivity contribution is 5.64. The minimum atomic E-state index is -0.582. The van der Waals surface area contributed by atoms with Crippen LogP contribution < -0.4 is 5.32 Å². The Morgan fingerprint density at radius 1 is 1.11 bits per heavy atom. The van der Waals surface area contributed by atoms with E-state index in [1.807, 2.05) is 36.7 Å². The van der Waals surface area contributed by atoms with E-state index in [4.69, 9.17) is 5.10 Å². The minimum Gasteiger partial charge on any atom is -0.390 e. The van der Waals surface area contributed by atoms with E-state index < -0.39 is 5.60 Å². The van der Waals surface area contributed by atoms with Gasteiger partial charge < -0.3 is 10.4 Å². The molecule has 0 spiro atoms. The summed E-state index contributed by atoms with van der Waals surface area (Å²) in [5.74, 6) is 1.26. The lowest BCUT2D eigenvalue weighted by molar-refractivity contribution is -0.000405. The maximum atomic E-state index is 10.2. The van der Waals surface area contributed by atoms with Crippen LogP contribution in [0, 0.1) is 12.8 Å². The van der Waals surface area contributed by atoms with Crippen LogP contribution in [0.4, 0.5) is 5.82 Å². The predicted molar refractivity (Wildman–Crippen MR) is 109 cm³/mol. The zero-order chi connectivity index (χ0) is 19.0. The molecule has 0 atom stereocenters. The fraction of sp³-hybridized carbons (Fsp3) is 0.455. The van der Waals surface area contributed by atoms with Crippen molar-refractivity contribution in [3.8, 4) is 11.3 Å². The van der Waals surface area contributed by atoms with Gasteiger partial charge in [-0.1, -0.05) is 23.8 Å². The molecular formula is C22H28N4O. The molecule has 2 N–H and O–H groups in total. The Morgan fingerprint density at radius 3 is 2.59 bits per heavy atom. The van der Waals surface area contributed by atoms with Crippen LogP contribution in [0.2, 0.25) is 0 Å². The molecular weight excluding hydrogens is 336 g/mol. The third kappa shape index (κ3) is 3.83. The Kier molecular flexibility index (Phi) is 4.64. The second-order valence-corrected chi connectivity index (χ2v) is 8.35. The Morgan fingerprint density at radius 2 is 1.89 bits per heavy atom. The van der Waals surface area contributed by atoms with Crippen LogP contribution in [0.3, 0.4) is 0 Å². The fourth-order valence-corrected chi connectivity index (χ4v) is 4.10. The van der Waals surface area contributed by atoms with E-state index in [9.17, 15) is 5.11 Å². The number of hydrogen-bond donors (Lipinski definition) is 2. The molecule has 2 heterocycles. The van der Waals surface area contributed by atoms with E-state index in [-0.39, 0.29) is 0 Å². The van der Waals surface area contributed by atoms with Gasteiger partial charge in [0.2, 0.25) is 0 Å². The molecule has 5 heteroatoms. The fourth-order valence-electron chi connectivity index (χ4n) is 4.10. The molecule has 0 bridgehead atoms. The van der Waals surface area contributed by atoms with E-state index in [1.54, 1.807) is 0 Å². The average molecular weight is 364 g/mol. The number of hydrogen-bond acceptors (Lipinski definition) is 4. The number of anilines is 1. The van der Waals surface area contributed by atoms with Gasteiger partial charge in [0.1, 0.15) is 5.82 Å². The van der Waals surface area contributed by atoms with Crippen molar-refractivity contribution in [2.75, 3.05) is 5.32 Å². The minimum absolute atomic E-state index is 0.382. The number of aromatic nitrogens is 3. The zero-order valence-electron chi connectivity index (χ0n) is 16.3. The van der Waals surface area contributed by atoms with Gasteiger partial charge in [0.15, 0.2) is 5.65 Å². The van der Waals surface area contributed by atoms with Gasteiger partial charge in [0.25, 0.3) is 0 Å². The maximum absolute atomic E-state index is 10.2. The number of rotatable bonds is 4. The molecule has 1 saturated carbocycles. The molecule has 4 rings (SSSR count). The third-order valence-corrected chi connectivity index (χ3v) is 5.75. The summed E-state index contributed by atoms with van der Waals surface area (Å²) >= 11 is 0. The van der Waals surface area contributed by atoms with Crippen molar-refractivity contribution < 1.29 is 5.11 Å². The molecule has 27 heavy (non-hydrogen) atoms. The number of benzene rings is 1. The van der Waals surface area contributed by atoms with Gasteiger partial charge in [-0.3, -0.25) is 0 Å². The number of aliphatic hydroxyl groups is 1. The van der Waals surface area contributed by atoms with Crippen molar-refractivity contribution in [2.24, 2.45) is 5.92 Å². The van der Waals surface area contributed by atoms with Crippen molar-refractivity contribution in [2.45, 2.75) is 58.1 Å². The van der Waals surface area contributed by atoms with Crippen LogP contribution in [0.5, 0.6) is 0 Å². The summed E-state index contributed by atoms with van der Waals surface area (Å²) in [6.07, 6.45) is 6.09. The second-order valence-electron chi connectivity index (χ2n) is 8.35. The maximum Gasteiger partial charge on any atom is 0.154 e. The smallest absolute Gasteiger partial charge is 0.154 e. The molecule has 2 aromatic heterocycles. The number of nitrogens with zero attached hydrogens (tertiary/aromatic N) is 3. The van der Waals surface area contributed by atoms with E-state index in [2.05, 4.69) is 41.5 Å². The SMILES string of the molecule is Cc1cccc(-c2cnc3ccc(N[C@H]4CC[C@H](C(C)(C)O)CC4)nn23)c1. The van der Waals surface area contributed by atoms with Gasteiger partial charge in [-0.15, -0.1) is 5.10 Å². The summed E-state index contributed by atoms with van der Waals surface area (Å²) in [5.41, 5.74) is 3.62.